The molecule has 0 aromatic carbocycles. The molecule has 2 aliphatic rings. The molecule has 2 aromatic rings. The minimum Gasteiger partial charge on any atom is -0.444 e. The van der Waals surface area contributed by atoms with Gasteiger partial charge in [-0.3, -0.25) is 0 Å². The Balaban J connectivity index is 0.000000320. The van der Waals surface area contributed by atoms with Gasteiger partial charge in [-0.05, 0) is 20.8 Å². The van der Waals surface area contributed by atoms with E-state index in [1.165, 1.54) is 12.4 Å². The van der Waals surface area contributed by atoms with Gasteiger partial charge in [0.1, 0.15) is 17.2 Å². The standard InChI is InChI=1S/C12H16FN3O2.C7H8FN3.CH4.ClH/c1-12(2,3)18-11(17)16-6-8(7-16)10-14-4-9(13)5-15-10;8-6-3-10-7(11-4-6)5-1-9-2-5;;/h4-5,8H,6-7H2,1-3H3;3-5,9H,1-2H2;1H4;1H. The second kappa shape index (κ2) is 11.2. The first-order chi connectivity index (χ1) is 13.7. The number of nitrogens with zero attached hydrogens (tertiary/aromatic N) is 5. The lowest BCUT2D eigenvalue weighted by Gasteiger charge is -2.38. The summed E-state index contributed by atoms with van der Waals surface area (Å²) in [6.45, 7) is 8.32. The van der Waals surface area contributed by atoms with E-state index in [9.17, 15) is 13.6 Å². The quantitative estimate of drug-likeness (QED) is 0.737. The molecule has 4 rings (SSSR count). The van der Waals surface area contributed by atoms with E-state index in [-0.39, 0.29) is 37.7 Å². The molecule has 0 atom stereocenters. The molecule has 172 valence electrons. The third-order valence-electron chi connectivity index (χ3n) is 4.33. The zero-order chi connectivity index (χ0) is 21.0. The van der Waals surface area contributed by atoms with Crippen LogP contribution >= 0.6 is 12.4 Å². The largest absolute Gasteiger partial charge is 0.444 e. The predicted molar refractivity (Wildman–Crippen MR) is 114 cm³/mol. The van der Waals surface area contributed by atoms with Crippen molar-refractivity contribution in [3.8, 4) is 0 Å². The van der Waals surface area contributed by atoms with Crippen molar-refractivity contribution in [1.29, 1.82) is 0 Å². The minimum atomic E-state index is -0.492. The maximum absolute atomic E-state index is 12.7. The van der Waals surface area contributed by atoms with Crippen molar-refractivity contribution in [2.75, 3.05) is 26.2 Å². The highest BCUT2D eigenvalue weighted by Gasteiger charge is 2.36. The Morgan fingerprint density at radius 2 is 1.39 bits per heavy atom. The first-order valence-corrected chi connectivity index (χ1v) is 9.35. The Bertz CT molecular complexity index is 823. The van der Waals surface area contributed by atoms with Crippen molar-refractivity contribution in [2.45, 2.75) is 45.6 Å². The molecule has 4 heterocycles. The summed E-state index contributed by atoms with van der Waals surface area (Å²) < 4.78 is 30.2. The highest BCUT2D eigenvalue weighted by atomic mass is 35.5. The van der Waals surface area contributed by atoms with Crippen LogP contribution in [-0.4, -0.2) is 62.7 Å². The van der Waals surface area contributed by atoms with Gasteiger partial charge >= 0.3 is 6.09 Å². The fourth-order valence-electron chi connectivity index (χ4n) is 2.65. The number of hydrogen-bond donors (Lipinski definition) is 1. The molecule has 11 heteroatoms. The average Bonchev–Trinajstić information content (AvgIpc) is 2.55. The number of ether oxygens (including phenoxy) is 1. The molecule has 0 bridgehead atoms. The van der Waals surface area contributed by atoms with Crippen LogP contribution in [0.15, 0.2) is 24.8 Å². The normalized spacial score (nSPS) is 15.8. The van der Waals surface area contributed by atoms with Gasteiger partial charge in [-0.2, -0.15) is 0 Å². The van der Waals surface area contributed by atoms with Gasteiger partial charge < -0.3 is 15.0 Å². The van der Waals surface area contributed by atoms with Gasteiger partial charge in [-0.15, -0.1) is 12.4 Å². The van der Waals surface area contributed by atoms with Gasteiger partial charge in [0.05, 0.1) is 30.7 Å². The maximum Gasteiger partial charge on any atom is 0.410 e. The van der Waals surface area contributed by atoms with Crippen LogP contribution < -0.4 is 5.32 Å². The predicted octanol–water partition coefficient (Wildman–Crippen LogP) is 3.31. The second-order valence-electron chi connectivity index (χ2n) is 7.96. The number of carbonyl (C=O) groups excluding carboxylic acids is 1. The van der Waals surface area contributed by atoms with E-state index in [1.54, 1.807) is 4.90 Å². The first-order valence-electron chi connectivity index (χ1n) is 9.35. The summed E-state index contributed by atoms with van der Waals surface area (Å²) in [4.78, 5) is 28.8. The van der Waals surface area contributed by atoms with Crippen molar-refractivity contribution in [2.24, 2.45) is 0 Å². The number of halogens is 3. The van der Waals surface area contributed by atoms with Crippen LogP contribution in [0, 0.1) is 11.6 Å². The molecule has 2 aromatic heterocycles. The number of hydrogen-bond acceptors (Lipinski definition) is 7. The second-order valence-corrected chi connectivity index (χ2v) is 7.96. The average molecular weight is 459 g/mol. The topological polar surface area (TPSA) is 93.1 Å². The summed E-state index contributed by atoms with van der Waals surface area (Å²) in [5, 5.41) is 3.10. The molecule has 8 nitrogen and oxygen atoms in total. The van der Waals surface area contributed by atoms with Gasteiger partial charge in [-0.1, -0.05) is 7.43 Å². The number of aromatic nitrogens is 4. The summed E-state index contributed by atoms with van der Waals surface area (Å²) in [5.41, 5.74) is -0.492. The summed E-state index contributed by atoms with van der Waals surface area (Å²) in [7, 11) is 0. The molecule has 0 aliphatic carbocycles. The summed E-state index contributed by atoms with van der Waals surface area (Å²) in [6, 6.07) is 0. The van der Waals surface area contributed by atoms with Gasteiger partial charge in [-0.25, -0.2) is 33.5 Å². The summed E-state index contributed by atoms with van der Waals surface area (Å²) in [6.07, 6.45) is 4.36. The van der Waals surface area contributed by atoms with E-state index in [1.807, 2.05) is 20.8 Å². The molecular weight excluding hydrogens is 430 g/mol. The third kappa shape index (κ3) is 7.62. The lowest BCUT2D eigenvalue weighted by Crippen LogP contribution is -2.50. The van der Waals surface area contributed by atoms with Crippen LogP contribution in [0.4, 0.5) is 13.6 Å². The van der Waals surface area contributed by atoms with Crippen molar-refractivity contribution in [3.63, 3.8) is 0 Å². The molecule has 2 saturated heterocycles. The Kier molecular flexibility index (Phi) is 9.64. The SMILES string of the molecule is C.CC(C)(C)OC(=O)N1CC(c2ncc(F)cn2)C1.Cl.Fc1cnc(C2CNC2)nc1. The molecule has 0 saturated carbocycles. The lowest BCUT2D eigenvalue weighted by molar-refractivity contribution is 0.00749. The van der Waals surface area contributed by atoms with Crippen molar-refractivity contribution in [1.82, 2.24) is 30.2 Å². The van der Waals surface area contributed by atoms with E-state index < -0.39 is 11.4 Å². The molecule has 1 amide bonds. The zero-order valence-corrected chi connectivity index (χ0v) is 17.8. The van der Waals surface area contributed by atoms with Crippen LogP contribution in [0.1, 0.15) is 51.7 Å². The van der Waals surface area contributed by atoms with Crippen LogP contribution in [0.2, 0.25) is 0 Å². The fraction of sp³-hybridized carbons (Fsp3) is 0.550. The van der Waals surface area contributed by atoms with Crippen molar-refractivity contribution >= 4 is 18.5 Å². The van der Waals surface area contributed by atoms with Gasteiger partial charge in [0.25, 0.3) is 0 Å². The Hall–Kier alpha value is -2.46. The van der Waals surface area contributed by atoms with Gasteiger partial charge in [0, 0.05) is 32.1 Å². The molecule has 0 unspecified atom stereocenters. The number of nitrogens with one attached hydrogen (secondary N) is 1. The van der Waals surface area contributed by atoms with Crippen LogP contribution in [-0.2, 0) is 4.74 Å². The molecule has 0 radical (unpaired) electrons. The smallest absolute Gasteiger partial charge is 0.410 e. The van der Waals surface area contributed by atoms with Crippen molar-refractivity contribution in [3.05, 3.63) is 48.1 Å². The minimum absolute atomic E-state index is 0. The highest BCUT2D eigenvalue weighted by molar-refractivity contribution is 5.85. The van der Waals surface area contributed by atoms with E-state index >= 15 is 0 Å². The summed E-state index contributed by atoms with van der Waals surface area (Å²) >= 11 is 0. The van der Waals surface area contributed by atoms with E-state index in [2.05, 4.69) is 25.3 Å². The Labute approximate surface area is 187 Å². The number of likely N-dealkylation sites (tertiary alicyclic amines) is 1. The summed E-state index contributed by atoms with van der Waals surface area (Å²) in [5.74, 6) is 0.929. The monoisotopic (exact) mass is 458 g/mol. The molecular formula is C20H29ClF2N6O2. The number of rotatable bonds is 2. The van der Waals surface area contributed by atoms with E-state index in [4.69, 9.17) is 4.74 Å². The Morgan fingerprint density at radius 1 is 0.968 bits per heavy atom. The number of carbonyl (C=O) groups is 1. The van der Waals surface area contributed by atoms with Crippen LogP contribution in [0.3, 0.4) is 0 Å². The van der Waals surface area contributed by atoms with E-state index in [0.29, 0.717) is 24.8 Å². The lowest BCUT2D eigenvalue weighted by atomic mass is 10.00. The zero-order valence-electron chi connectivity index (χ0n) is 17.0. The van der Waals surface area contributed by atoms with Crippen LogP contribution in [0.25, 0.3) is 0 Å². The molecule has 1 N–H and O–H groups in total. The molecule has 2 aliphatic heterocycles. The Morgan fingerprint density at radius 3 is 1.74 bits per heavy atom. The van der Waals surface area contributed by atoms with Gasteiger partial charge in [0.15, 0.2) is 11.6 Å². The molecule has 2 fully saturated rings. The first kappa shape index (κ1) is 26.6. The van der Waals surface area contributed by atoms with Crippen molar-refractivity contribution < 1.29 is 18.3 Å². The third-order valence-corrected chi connectivity index (χ3v) is 4.33. The number of amides is 1. The maximum atomic E-state index is 12.7. The van der Waals surface area contributed by atoms with E-state index in [0.717, 1.165) is 31.3 Å². The highest BCUT2D eigenvalue weighted by Crippen LogP contribution is 2.25. The molecule has 0 spiro atoms. The van der Waals surface area contributed by atoms with Gasteiger partial charge in [0.2, 0.25) is 0 Å². The molecule has 31 heavy (non-hydrogen) atoms. The van der Waals surface area contributed by atoms with Crippen LogP contribution in [0.5, 0.6) is 0 Å². The fourth-order valence-corrected chi connectivity index (χ4v) is 2.65.